The minimum atomic E-state index is -0.202. The molecule has 0 bridgehead atoms. The Bertz CT molecular complexity index is 2550. The standard InChI is InChI=1S/C46H31N3/c1-46(2)40-23-11-20-36(44(40)39-25-24-33(47-3)27-41(39)46)31-16-8-17-32(26-31)42-28-43(37-21-9-14-29-12-4-6-18-34(29)37)49-45(48-42)38-22-10-15-30-13-5-7-19-35(30)38/h4-28H,1-2H3. The first kappa shape index (κ1) is 28.8. The van der Waals surface area contributed by atoms with E-state index in [1.807, 2.05) is 6.07 Å². The Morgan fingerprint density at radius 3 is 1.88 bits per heavy atom. The van der Waals surface area contributed by atoms with Crippen molar-refractivity contribution < 1.29 is 0 Å². The van der Waals surface area contributed by atoms with Crippen molar-refractivity contribution in [2.45, 2.75) is 19.3 Å². The molecule has 1 heterocycles. The zero-order valence-electron chi connectivity index (χ0n) is 27.3. The van der Waals surface area contributed by atoms with E-state index in [0.717, 1.165) is 49.8 Å². The Labute approximate surface area is 286 Å². The Morgan fingerprint density at radius 2 is 1.10 bits per heavy atom. The molecular weight excluding hydrogens is 595 g/mol. The van der Waals surface area contributed by atoms with Crippen molar-refractivity contribution in [2.24, 2.45) is 0 Å². The number of benzene rings is 7. The maximum Gasteiger partial charge on any atom is 0.187 e. The molecule has 49 heavy (non-hydrogen) atoms. The van der Waals surface area contributed by atoms with Crippen LogP contribution in [-0.4, -0.2) is 9.97 Å². The molecule has 0 saturated heterocycles. The van der Waals surface area contributed by atoms with Crippen molar-refractivity contribution in [3.05, 3.63) is 174 Å². The summed E-state index contributed by atoms with van der Waals surface area (Å²) in [5.74, 6) is 0.703. The lowest BCUT2D eigenvalue weighted by atomic mass is 9.82. The average molecular weight is 626 g/mol. The van der Waals surface area contributed by atoms with Gasteiger partial charge >= 0.3 is 0 Å². The average Bonchev–Trinajstić information content (AvgIpc) is 3.39. The van der Waals surface area contributed by atoms with Gasteiger partial charge in [0.25, 0.3) is 0 Å². The number of aromatic nitrogens is 2. The van der Waals surface area contributed by atoms with Gasteiger partial charge in [-0.15, -0.1) is 0 Å². The summed E-state index contributed by atoms with van der Waals surface area (Å²) >= 11 is 0. The zero-order chi connectivity index (χ0) is 33.1. The van der Waals surface area contributed by atoms with Gasteiger partial charge in [0.1, 0.15) is 0 Å². The fourth-order valence-corrected chi connectivity index (χ4v) is 7.65. The van der Waals surface area contributed by atoms with E-state index in [4.69, 9.17) is 16.5 Å². The van der Waals surface area contributed by atoms with Crippen LogP contribution in [0, 0.1) is 6.57 Å². The molecule has 0 unspecified atom stereocenters. The van der Waals surface area contributed by atoms with Crippen LogP contribution >= 0.6 is 0 Å². The molecule has 3 nitrogen and oxygen atoms in total. The van der Waals surface area contributed by atoms with E-state index in [0.29, 0.717) is 11.5 Å². The molecule has 0 fully saturated rings. The molecule has 0 radical (unpaired) electrons. The third-order valence-corrected chi connectivity index (χ3v) is 10.1. The molecule has 0 aliphatic heterocycles. The van der Waals surface area contributed by atoms with Gasteiger partial charge in [-0.1, -0.05) is 153 Å². The second-order valence-corrected chi connectivity index (χ2v) is 13.3. The lowest BCUT2D eigenvalue weighted by Crippen LogP contribution is -2.14. The second kappa shape index (κ2) is 11.1. The Hall–Kier alpha value is -6.37. The summed E-state index contributed by atoms with van der Waals surface area (Å²) in [7, 11) is 0. The number of rotatable bonds is 4. The molecule has 3 heteroatoms. The monoisotopic (exact) mass is 625 g/mol. The van der Waals surface area contributed by atoms with Gasteiger partial charge in [-0.25, -0.2) is 14.8 Å². The third kappa shape index (κ3) is 4.65. The van der Waals surface area contributed by atoms with E-state index in [1.54, 1.807) is 0 Å². The van der Waals surface area contributed by atoms with Gasteiger partial charge < -0.3 is 0 Å². The Balaban J connectivity index is 1.25. The van der Waals surface area contributed by atoms with Gasteiger partial charge in [-0.05, 0) is 67.1 Å². The van der Waals surface area contributed by atoms with E-state index in [-0.39, 0.29) is 5.41 Å². The lowest BCUT2D eigenvalue weighted by Gasteiger charge is -2.22. The van der Waals surface area contributed by atoms with E-state index in [9.17, 15) is 0 Å². The highest BCUT2D eigenvalue weighted by atomic mass is 14.9. The van der Waals surface area contributed by atoms with E-state index in [1.165, 1.54) is 33.2 Å². The van der Waals surface area contributed by atoms with Crippen molar-refractivity contribution in [3.8, 4) is 56.2 Å². The van der Waals surface area contributed by atoms with Crippen LogP contribution in [0.4, 0.5) is 5.69 Å². The Kier molecular flexibility index (Phi) is 6.54. The Morgan fingerprint density at radius 1 is 0.490 bits per heavy atom. The highest BCUT2D eigenvalue weighted by Gasteiger charge is 2.36. The van der Waals surface area contributed by atoms with Crippen molar-refractivity contribution in [1.29, 1.82) is 0 Å². The molecule has 9 rings (SSSR count). The molecule has 0 saturated carbocycles. The first-order valence-electron chi connectivity index (χ1n) is 16.6. The van der Waals surface area contributed by atoms with Gasteiger partial charge in [0.15, 0.2) is 11.5 Å². The third-order valence-electron chi connectivity index (χ3n) is 10.1. The predicted molar refractivity (Wildman–Crippen MR) is 203 cm³/mol. The van der Waals surface area contributed by atoms with Crippen LogP contribution in [0.2, 0.25) is 0 Å². The lowest BCUT2D eigenvalue weighted by molar-refractivity contribution is 0.661. The summed E-state index contributed by atoms with van der Waals surface area (Å²) in [5.41, 5.74) is 12.6. The van der Waals surface area contributed by atoms with Gasteiger partial charge in [-0.2, -0.15) is 0 Å². The molecule has 0 amide bonds. The minimum absolute atomic E-state index is 0.202. The molecule has 8 aromatic rings. The van der Waals surface area contributed by atoms with Gasteiger partial charge in [0, 0.05) is 22.1 Å². The SMILES string of the molecule is [C-]#[N+]c1ccc2c(c1)C(C)(C)c1cccc(-c3cccc(-c4cc(-c5cccc6ccccc56)nc(-c5cccc6ccccc56)n4)c3)c1-2. The van der Waals surface area contributed by atoms with Crippen LogP contribution in [0.15, 0.2) is 152 Å². The maximum atomic E-state index is 7.61. The number of hydrogen-bond acceptors (Lipinski definition) is 2. The second-order valence-electron chi connectivity index (χ2n) is 13.3. The first-order valence-corrected chi connectivity index (χ1v) is 16.6. The van der Waals surface area contributed by atoms with Crippen LogP contribution in [0.3, 0.4) is 0 Å². The van der Waals surface area contributed by atoms with Crippen molar-refractivity contribution in [1.82, 2.24) is 9.97 Å². The van der Waals surface area contributed by atoms with Crippen LogP contribution in [0.5, 0.6) is 0 Å². The largest absolute Gasteiger partial charge is 0.238 e. The maximum absolute atomic E-state index is 7.61. The molecule has 0 spiro atoms. The first-order chi connectivity index (χ1) is 24.0. The molecule has 1 aliphatic carbocycles. The fourth-order valence-electron chi connectivity index (χ4n) is 7.65. The molecule has 230 valence electrons. The summed E-state index contributed by atoms with van der Waals surface area (Å²) in [6, 6.07) is 53.3. The van der Waals surface area contributed by atoms with Crippen LogP contribution < -0.4 is 0 Å². The number of nitrogens with zero attached hydrogens (tertiary/aromatic N) is 3. The highest BCUT2D eigenvalue weighted by molar-refractivity contribution is 5.99. The summed E-state index contributed by atoms with van der Waals surface area (Å²) in [6.45, 7) is 12.1. The molecule has 0 N–H and O–H groups in total. The van der Waals surface area contributed by atoms with E-state index >= 15 is 0 Å². The normalized spacial score (nSPS) is 12.8. The van der Waals surface area contributed by atoms with Crippen molar-refractivity contribution in [3.63, 3.8) is 0 Å². The molecule has 7 aromatic carbocycles. The van der Waals surface area contributed by atoms with E-state index < -0.39 is 0 Å². The number of fused-ring (bicyclic) bond motifs is 5. The van der Waals surface area contributed by atoms with E-state index in [2.05, 4.69) is 164 Å². The summed E-state index contributed by atoms with van der Waals surface area (Å²) in [6.07, 6.45) is 0. The van der Waals surface area contributed by atoms with Gasteiger partial charge in [0.2, 0.25) is 0 Å². The van der Waals surface area contributed by atoms with Crippen LogP contribution in [-0.2, 0) is 5.41 Å². The topological polar surface area (TPSA) is 30.1 Å². The molecule has 1 aromatic heterocycles. The van der Waals surface area contributed by atoms with Gasteiger partial charge in [-0.3, -0.25) is 0 Å². The summed E-state index contributed by atoms with van der Waals surface area (Å²) in [4.78, 5) is 14.3. The van der Waals surface area contributed by atoms with Crippen molar-refractivity contribution in [2.75, 3.05) is 0 Å². The predicted octanol–water partition coefficient (Wildman–Crippen LogP) is 12.3. The van der Waals surface area contributed by atoms with Gasteiger partial charge in [0.05, 0.1) is 18.0 Å². The van der Waals surface area contributed by atoms with Crippen LogP contribution in [0.1, 0.15) is 25.0 Å². The molecule has 0 atom stereocenters. The highest BCUT2D eigenvalue weighted by Crippen LogP contribution is 2.53. The van der Waals surface area contributed by atoms with Crippen LogP contribution in [0.25, 0.3) is 82.5 Å². The zero-order valence-corrected chi connectivity index (χ0v) is 27.3. The summed E-state index contributed by atoms with van der Waals surface area (Å²) < 4.78 is 0. The smallest absolute Gasteiger partial charge is 0.187 e. The fraction of sp³-hybridized carbons (Fsp3) is 0.0652. The van der Waals surface area contributed by atoms with Crippen molar-refractivity contribution >= 4 is 27.2 Å². The summed E-state index contributed by atoms with van der Waals surface area (Å²) in [5, 5.41) is 4.63. The molecular formula is C46H31N3. The number of hydrogen-bond donors (Lipinski definition) is 0. The quantitative estimate of drug-likeness (QED) is 0.182. The molecule has 1 aliphatic rings. The minimum Gasteiger partial charge on any atom is -0.238 e.